The van der Waals surface area contributed by atoms with Crippen molar-refractivity contribution in [2.24, 2.45) is 5.73 Å². The third kappa shape index (κ3) is 2.42. The molecule has 1 aliphatic rings. The van der Waals surface area contributed by atoms with E-state index in [0.717, 1.165) is 11.3 Å². The number of aromatic nitrogens is 1. The Kier molecular flexibility index (Phi) is 3.48. The van der Waals surface area contributed by atoms with Crippen molar-refractivity contribution in [2.75, 3.05) is 6.54 Å². The smallest absolute Gasteiger partial charge is 0.225 e. The standard InChI is InChI=1S/C16H17N3O/c17-13-10-15(20)19(11-13)16(12-6-2-1-3-7-12)14-8-4-5-9-18-14/h1-9,13,16H,10-11,17H2. The number of nitrogens with zero attached hydrogens (tertiary/aromatic N) is 2. The van der Waals surface area contributed by atoms with E-state index in [0.29, 0.717) is 13.0 Å². The molecule has 2 N–H and O–H groups in total. The van der Waals surface area contributed by atoms with Gasteiger partial charge >= 0.3 is 0 Å². The molecule has 102 valence electrons. The lowest BCUT2D eigenvalue weighted by molar-refractivity contribution is -0.129. The van der Waals surface area contributed by atoms with Crippen LogP contribution in [0.1, 0.15) is 23.7 Å². The number of amides is 1. The van der Waals surface area contributed by atoms with Gasteiger partial charge in [-0.2, -0.15) is 0 Å². The van der Waals surface area contributed by atoms with E-state index >= 15 is 0 Å². The second kappa shape index (κ2) is 5.43. The summed E-state index contributed by atoms with van der Waals surface area (Å²) in [6.07, 6.45) is 2.17. The van der Waals surface area contributed by atoms with Crippen LogP contribution in [0.25, 0.3) is 0 Å². The van der Waals surface area contributed by atoms with Crippen LogP contribution in [0.2, 0.25) is 0 Å². The molecule has 0 radical (unpaired) electrons. The first-order chi connectivity index (χ1) is 9.75. The first-order valence-corrected chi connectivity index (χ1v) is 6.76. The Morgan fingerprint density at radius 2 is 1.90 bits per heavy atom. The lowest BCUT2D eigenvalue weighted by Crippen LogP contribution is -2.33. The van der Waals surface area contributed by atoms with E-state index in [1.54, 1.807) is 6.20 Å². The molecule has 4 nitrogen and oxygen atoms in total. The van der Waals surface area contributed by atoms with Crippen LogP contribution in [-0.4, -0.2) is 28.4 Å². The van der Waals surface area contributed by atoms with E-state index in [9.17, 15) is 4.79 Å². The number of nitrogens with two attached hydrogens (primary N) is 1. The number of carbonyl (C=O) groups excluding carboxylic acids is 1. The fraction of sp³-hybridized carbons (Fsp3) is 0.250. The molecule has 2 unspecified atom stereocenters. The second-order valence-electron chi connectivity index (χ2n) is 5.08. The summed E-state index contributed by atoms with van der Waals surface area (Å²) < 4.78 is 0. The summed E-state index contributed by atoms with van der Waals surface area (Å²) in [7, 11) is 0. The van der Waals surface area contributed by atoms with Gasteiger partial charge in [0.15, 0.2) is 0 Å². The van der Waals surface area contributed by atoms with E-state index in [-0.39, 0.29) is 18.0 Å². The van der Waals surface area contributed by atoms with Crippen molar-refractivity contribution >= 4 is 5.91 Å². The molecule has 1 aliphatic heterocycles. The number of carbonyl (C=O) groups is 1. The molecule has 20 heavy (non-hydrogen) atoms. The number of pyridine rings is 1. The quantitative estimate of drug-likeness (QED) is 0.921. The van der Waals surface area contributed by atoms with Crippen LogP contribution in [-0.2, 0) is 4.79 Å². The van der Waals surface area contributed by atoms with E-state index in [2.05, 4.69) is 4.98 Å². The third-order valence-electron chi connectivity index (χ3n) is 3.58. The average molecular weight is 267 g/mol. The molecule has 0 saturated carbocycles. The minimum Gasteiger partial charge on any atom is -0.328 e. The molecule has 0 bridgehead atoms. The Bertz CT molecular complexity index is 546. The summed E-state index contributed by atoms with van der Waals surface area (Å²) in [6.45, 7) is 0.578. The highest BCUT2D eigenvalue weighted by Gasteiger charge is 2.34. The highest BCUT2D eigenvalue weighted by atomic mass is 16.2. The molecule has 1 fully saturated rings. The number of hydrogen-bond acceptors (Lipinski definition) is 3. The van der Waals surface area contributed by atoms with Crippen molar-refractivity contribution in [3.05, 3.63) is 66.0 Å². The summed E-state index contributed by atoms with van der Waals surface area (Å²) in [4.78, 5) is 18.5. The fourth-order valence-electron chi connectivity index (χ4n) is 2.69. The van der Waals surface area contributed by atoms with Crippen molar-refractivity contribution in [1.82, 2.24) is 9.88 Å². The Balaban J connectivity index is 2.03. The maximum absolute atomic E-state index is 12.2. The molecule has 3 rings (SSSR count). The molecule has 1 amide bonds. The molecule has 1 saturated heterocycles. The largest absolute Gasteiger partial charge is 0.328 e. The van der Waals surface area contributed by atoms with Crippen LogP contribution in [0.5, 0.6) is 0 Å². The van der Waals surface area contributed by atoms with Gasteiger partial charge in [0.1, 0.15) is 0 Å². The molecule has 0 aliphatic carbocycles. The first kappa shape index (κ1) is 12.8. The Hall–Kier alpha value is -2.20. The summed E-state index contributed by atoms with van der Waals surface area (Å²) in [5.41, 5.74) is 7.87. The van der Waals surface area contributed by atoms with Gasteiger partial charge in [-0.1, -0.05) is 36.4 Å². The summed E-state index contributed by atoms with van der Waals surface area (Å²) in [5, 5.41) is 0. The van der Waals surface area contributed by atoms with Crippen molar-refractivity contribution in [1.29, 1.82) is 0 Å². The highest BCUT2D eigenvalue weighted by Crippen LogP contribution is 2.30. The van der Waals surface area contributed by atoms with Gasteiger partial charge in [-0.05, 0) is 17.7 Å². The van der Waals surface area contributed by atoms with Gasteiger partial charge in [-0.25, -0.2) is 0 Å². The molecule has 0 spiro atoms. The van der Waals surface area contributed by atoms with E-state index in [4.69, 9.17) is 5.73 Å². The summed E-state index contributed by atoms with van der Waals surface area (Å²) in [5.74, 6) is 0.0945. The zero-order valence-electron chi connectivity index (χ0n) is 11.1. The molecule has 2 atom stereocenters. The van der Waals surface area contributed by atoms with Crippen LogP contribution < -0.4 is 5.73 Å². The SMILES string of the molecule is NC1CC(=O)N(C(c2ccccc2)c2ccccn2)C1. The van der Waals surface area contributed by atoms with Crippen molar-refractivity contribution in [2.45, 2.75) is 18.5 Å². The zero-order chi connectivity index (χ0) is 13.9. The van der Waals surface area contributed by atoms with E-state index < -0.39 is 0 Å². The molecular formula is C16H17N3O. The molecule has 2 aromatic rings. The molecule has 4 heteroatoms. The highest BCUT2D eigenvalue weighted by molar-refractivity contribution is 5.80. The van der Waals surface area contributed by atoms with Gasteiger partial charge in [0.25, 0.3) is 0 Å². The van der Waals surface area contributed by atoms with Gasteiger partial charge in [-0.15, -0.1) is 0 Å². The molecule has 2 heterocycles. The molecule has 1 aromatic heterocycles. The lowest BCUT2D eigenvalue weighted by atomic mass is 10.0. The third-order valence-corrected chi connectivity index (χ3v) is 3.58. The molecular weight excluding hydrogens is 250 g/mol. The van der Waals surface area contributed by atoms with Gasteiger partial charge in [0.2, 0.25) is 5.91 Å². The summed E-state index contributed by atoms with van der Waals surface area (Å²) >= 11 is 0. The van der Waals surface area contributed by atoms with Gasteiger partial charge < -0.3 is 10.6 Å². The number of benzene rings is 1. The van der Waals surface area contributed by atoms with Gasteiger partial charge in [0.05, 0.1) is 11.7 Å². The maximum Gasteiger partial charge on any atom is 0.225 e. The minimum atomic E-state index is -0.154. The summed E-state index contributed by atoms with van der Waals surface area (Å²) in [6, 6.07) is 15.5. The monoisotopic (exact) mass is 267 g/mol. The van der Waals surface area contributed by atoms with Gasteiger partial charge in [0, 0.05) is 25.2 Å². The minimum absolute atomic E-state index is 0.0857. The van der Waals surface area contributed by atoms with Crippen LogP contribution in [0.4, 0.5) is 0 Å². The molecule has 1 aromatic carbocycles. The van der Waals surface area contributed by atoms with Crippen molar-refractivity contribution in [3.63, 3.8) is 0 Å². The Morgan fingerprint density at radius 3 is 2.50 bits per heavy atom. The van der Waals surface area contributed by atoms with Crippen LogP contribution in [0, 0.1) is 0 Å². The predicted octanol–water partition coefficient (Wildman–Crippen LogP) is 1.73. The zero-order valence-corrected chi connectivity index (χ0v) is 11.1. The Labute approximate surface area is 118 Å². The van der Waals surface area contributed by atoms with Crippen molar-refractivity contribution in [3.8, 4) is 0 Å². The van der Waals surface area contributed by atoms with Crippen LogP contribution in [0.15, 0.2) is 54.7 Å². The lowest BCUT2D eigenvalue weighted by Gasteiger charge is -2.28. The maximum atomic E-state index is 12.2. The first-order valence-electron chi connectivity index (χ1n) is 6.76. The average Bonchev–Trinajstić information content (AvgIpc) is 2.80. The topological polar surface area (TPSA) is 59.2 Å². The number of rotatable bonds is 3. The number of likely N-dealkylation sites (tertiary alicyclic amines) is 1. The van der Waals surface area contributed by atoms with Gasteiger partial charge in [-0.3, -0.25) is 9.78 Å². The van der Waals surface area contributed by atoms with Crippen LogP contribution >= 0.6 is 0 Å². The number of hydrogen-bond donors (Lipinski definition) is 1. The fourth-order valence-corrected chi connectivity index (χ4v) is 2.69. The predicted molar refractivity (Wildman–Crippen MR) is 76.8 cm³/mol. The van der Waals surface area contributed by atoms with E-state index in [1.165, 1.54) is 0 Å². The van der Waals surface area contributed by atoms with Crippen LogP contribution in [0.3, 0.4) is 0 Å². The Morgan fingerprint density at radius 1 is 1.15 bits per heavy atom. The van der Waals surface area contributed by atoms with Crippen molar-refractivity contribution < 1.29 is 4.79 Å². The van der Waals surface area contributed by atoms with E-state index in [1.807, 2.05) is 53.4 Å². The normalized spacial score (nSPS) is 20.1. The second-order valence-corrected chi connectivity index (χ2v) is 5.08.